The number of hydrogen-bond donors (Lipinski definition) is 0. The summed E-state index contributed by atoms with van der Waals surface area (Å²) in [5.74, 6) is -0.556. The number of halogens is 2. The predicted octanol–water partition coefficient (Wildman–Crippen LogP) is 19.0. The SMILES string of the molecule is Cc1ccc(-n2c3ccccc3c3cc(N(c4ccc(F)cc4)c4ccc(-c5ccc(-c6ccc(N(c7ccc(F)cc7)c7ccc8c(c7)c7ccccc7n8-c7ccc(C)cc7)cc6)cc5)cc4)ccc32)cc1. The van der Waals surface area contributed by atoms with Crippen LogP contribution in [0, 0.1) is 25.5 Å². The van der Waals surface area contributed by atoms with Gasteiger partial charge in [0.1, 0.15) is 11.6 Å². The van der Waals surface area contributed by atoms with E-state index >= 15 is 0 Å². The Balaban J connectivity index is 0.803. The van der Waals surface area contributed by atoms with Gasteiger partial charge in [-0.15, -0.1) is 0 Å². The second kappa shape index (κ2) is 18.3. The first kappa shape index (κ1) is 44.4. The van der Waals surface area contributed by atoms with Crippen molar-refractivity contribution in [2.24, 2.45) is 0 Å². The molecule has 0 aliphatic heterocycles. The Morgan fingerprint density at radius 3 is 0.905 bits per heavy atom. The molecule has 0 amide bonds. The number of rotatable bonds is 10. The third-order valence-electron chi connectivity index (χ3n) is 14.4. The predicted molar refractivity (Wildman–Crippen MR) is 305 cm³/mol. The molecule has 0 N–H and O–H groups in total. The highest BCUT2D eigenvalue weighted by atomic mass is 19.1. The summed E-state index contributed by atoms with van der Waals surface area (Å²) in [6, 6.07) is 86.8. The fourth-order valence-electron chi connectivity index (χ4n) is 10.7. The largest absolute Gasteiger partial charge is 0.310 e. The summed E-state index contributed by atoms with van der Waals surface area (Å²) in [6.45, 7) is 4.22. The summed E-state index contributed by atoms with van der Waals surface area (Å²) < 4.78 is 33.4. The minimum atomic E-state index is -0.278. The Morgan fingerprint density at radius 1 is 0.270 bits per heavy atom. The van der Waals surface area contributed by atoms with Gasteiger partial charge in [-0.05, 0) is 182 Å². The maximum atomic E-state index is 14.4. The summed E-state index contributed by atoms with van der Waals surface area (Å²) in [5.41, 5.74) is 19.1. The number of fused-ring (bicyclic) bond motifs is 6. The van der Waals surface area contributed by atoms with Gasteiger partial charge in [0.15, 0.2) is 0 Å². The molecular weight excluding hydrogens is 911 g/mol. The molecule has 354 valence electrons. The first-order chi connectivity index (χ1) is 36.3. The standard InChI is InChI=1S/C68H48F2N4/c1-45-11-27-57(28-12-45)73-65-9-5-3-7-61(65)63-43-59(39-41-67(63)73)71(55-35-23-51(69)24-36-55)53-31-19-49(20-32-53)47-15-17-48(18-16-47)50-21-33-54(34-22-50)72(56-37-25-52(70)26-38-56)60-40-42-68-64(44-60)62-8-4-6-10-66(62)74(68)58-29-13-46(2)14-30-58/h3-44H,1-2H3. The molecule has 0 fully saturated rings. The molecular formula is C68H48F2N4. The second-order valence-corrected chi connectivity index (χ2v) is 19.1. The van der Waals surface area contributed by atoms with Gasteiger partial charge < -0.3 is 18.9 Å². The van der Waals surface area contributed by atoms with E-state index in [1.807, 2.05) is 24.3 Å². The van der Waals surface area contributed by atoms with Gasteiger partial charge in [-0.2, -0.15) is 0 Å². The van der Waals surface area contributed by atoms with Crippen LogP contribution in [-0.4, -0.2) is 9.13 Å². The summed E-state index contributed by atoms with van der Waals surface area (Å²) >= 11 is 0. The smallest absolute Gasteiger partial charge is 0.123 e. The van der Waals surface area contributed by atoms with Crippen LogP contribution in [0.4, 0.5) is 42.9 Å². The van der Waals surface area contributed by atoms with Crippen LogP contribution in [0.1, 0.15) is 11.1 Å². The van der Waals surface area contributed by atoms with Crippen molar-refractivity contribution < 1.29 is 8.78 Å². The first-order valence-electron chi connectivity index (χ1n) is 24.9. The van der Waals surface area contributed by atoms with Gasteiger partial charge in [-0.25, -0.2) is 8.78 Å². The number of para-hydroxylation sites is 2. The molecule has 0 spiro atoms. The average Bonchev–Trinajstić information content (AvgIpc) is 3.97. The average molecular weight is 959 g/mol. The van der Waals surface area contributed by atoms with Gasteiger partial charge in [-0.3, -0.25) is 0 Å². The highest BCUT2D eigenvalue weighted by Crippen LogP contribution is 2.43. The number of hydrogen-bond acceptors (Lipinski definition) is 2. The van der Waals surface area contributed by atoms with Crippen molar-refractivity contribution in [2.75, 3.05) is 9.80 Å². The van der Waals surface area contributed by atoms with Gasteiger partial charge >= 0.3 is 0 Å². The molecule has 2 heterocycles. The maximum absolute atomic E-state index is 14.4. The van der Waals surface area contributed by atoms with E-state index < -0.39 is 0 Å². The van der Waals surface area contributed by atoms with E-state index in [0.29, 0.717) is 0 Å². The second-order valence-electron chi connectivity index (χ2n) is 19.1. The van der Waals surface area contributed by atoms with Crippen LogP contribution in [0.3, 0.4) is 0 Å². The monoisotopic (exact) mass is 958 g/mol. The Bertz CT molecular complexity index is 3900. The summed E-state index contributed by atoms with van der Waals surface area (Å²) in [6.07, 6.45) is 0. The quantitative estimate of drug-likeness (QED) is 0.136. The Kier molecular flexibility index (Phi) is 11.0. The van der Waals surface area contributed by atoms with E-state index in [1.54, 1.807) is 0 Å². The van der Waals surface area contributed by atoms with Crippen LogP contribution >= 0.6 is 0 Å². The van der Waals surface area contributed by atoms with E-state index in [9.17, 15) is 8.78 Å². The number of benzene rings is 11. The summed E-state index contributed by atoms with van der Waals surface area (Å²) in [4.78, 5) is 4.38. The molecule has 4 nitrogen and oxygen atoms in total. The highest BCUT2D eigenvalue weighted by Gasteiger charge is 2.20. The van der Waals surface area contributed by atoms with Crippen molar-refractivity contribution in [3.8, 4) is 33.6 Å². The molecule has 0 aliphatic carbocycles. The topological polar surface area (TPSA) is 16.3 Å². The highest BCUT2D eigenvalue weighted by molar-refractivity contribution is 6.12. The number of aryl methyl sites for hydroxylation is 2. The molecule has 6 heteroatoms. The van der Waals surface area contributed by atoms with E-state index in [1.165, 1.54) is 46.2 Å². The van der Waals surface area contributed by atoms with E-state index in [0.717, 1.165) is 101 Å². The summed E-state index contributed by atoms with van der Waals surface area (Å²) in [7, 11) is 0. The minimum Gasteiger partial charge on any atom is -0.310 e. The maximum Gasteiger partial charge on any atom is 0.123 e. The van der Waals surface area contributed by atoms with Crippen molar-refractivity contribution >= 4 is 77.7 Å². The lowest BCUT2D eigenvalue weighted by Gasteiger charge is -2.26. The van der Waals surface area contributed by atoms with Crippen molar-refractivity contribution in [2.45, 2.75) is 13.8 Å². The summed E-state index contributed by atoms with van der Waals surface area (Å²) in [5, 5.41) is 4.61. The third kappa shape index (κ3) is 7.94. The Hall–Kier alpha value is -9.52. The Labute approximate surface area is 428 Å². The zero-order valence-electron chi connectivity index (χ0n) is 40.8. The van der Waals surface area contributed by atoms with Crippen LogP contribution in [-0.2, 0) is 0 Å². The molecule has 0 unspecified atom stereocenters. The molecule has 0 saturated heterocycles. The molecule has 0 atom stereocenters. The molecule has 0 radical (unpaired) electrons. The number of nitrogens with zero attached hydrogens (tertiary/aromatic N) is 4. The van der Waals surface area contributed by atoms with Crippen LogP contribution < -0.4 is 9.80 Å². The lowest BCUT2D eigenvalue weighted by atomic mass is 9.99. The van der Waals surface area contributed by atoms with E-state index in [-0.39, 0.29) is 11.6 Å². The van der Waals surface area contributed by atoms with E-state index in [2.05, 4.69) is 239 Å². The lowest BCUT2D eigenvalue weighted by molar-refractivity contribution is 0.627. The van der Waals surface area contributed by atoms with Crippen molar-refractivity contribution in [1.82, 2.24) is 9.13 Å². The zero-order chi connectivity index (χ0) is 49.9. The van der Waals surface area contributed by atoms with Gasteiger partial charge in [0.25, 0.3) is 0 Å². The molecule has 11 aromatic carbocycles. The van der Waals surface area contributed by atoms with Crippen molar-refractivity contribution in [3.05, 3.63) is 278 Å². The fourth-order valence-corrected chi connectivity index (χ4v) is 10.7. The molecule has 0 aliphatic rings. The van der Waals surface area contributed by atoms with E-state index in [4.69, 9.17) is 0 Å². The molecule has 13 rings (SSSR count). The van der Waals surface area contributed by atoms with Crippen LogP contribution in [0.5, 0.6) is 0 Å². The van der Waals surface area contributed by atoms with Gasteiger partial charge in [0.05, 0.1) is 22.1 Å². The van der Waals surface area contributed by atoms with Gasteiger partial charge in [-0.1, -0.05) is 120 Å². The number of aromatic nitrogens is 2. The minimum absolute atomic E-state index is 0.278. The van der Waals surface area contributed by atoms with Crippen molar-refractivity contribution in [1.29, 1.82) is 0 Å². The first-order valence-corrected chi connectivity index (χ1v) is 24.9. The van der Waals surface area contributed by atoms with Gasteiger partial charge in [0, 0.05) is 67.0 Å². The fraction of sp³-hybridized carbons (Fsp3) is 0.0294. The number of anilines is 6. The molecule has 2 aromatic heterocycles. The normalized spacial score (nSPS) is 11.5. The van der Waals surface area contributed by atoms with Crippen LogP contribution in [0.25, 0.3) is 77.2 Å². The van der Waals surface area contributed by atoms with Gasteiger partial charge in [0.2, 0.25) is 0 Å². The molecule has 0 bridgehead atoms. The van der Waals surface area contributed by atoms with Crippen LogP contribution in [0.15, 0.2) is 255 Å². The molecule has 74 heavy (non-hydrogen) atoms. The Morgan fingerprint density at radius 2 is 0.554 bits per heavy atom. The third-order valence-corrected chi connectivity index (χ3v) is 14.4. The molecule has 0 saturated carbocycles. The molecule has 13 aromatic rings. The van der Waals surface area contributed by atoms with Crippen molar-refractivity contribution in [3.63, 3.8) is 0 Å². The van der Waals surface area contributed by atoms with Crippen LogP contribution in [0.2, 0.25) is 0 Å². The zero-order valence-corrected chi connectivity index (χ0v) is 40.8. The lowest BCUT2D eigenvalue weighted by Crippen LogP contribution is -2.10.